The first-order valence-electron chi connectivity index (χ1n) is 7.68. The van der Waals surface area contributed by atoms with Gasteiger partial charge in [-0.15, -0.1) is 0 Å². The summed E-state index contributed by atoms with van der Waals surface area (Å²) in [4.78, 5) is 19.7. The number of benzene rings is 1. The number of carbonyl (C=O) groups is 1. The first kappa shape index (κ1) is 17.6. The maximum absolute atomic E-state index is 11.1. The summed E-state index contributed by atoms with van der Waals surface area (Å²) < 4.78 is 22.0. The number of carbonyl (C=O) groups excluding carboxylic acids is 1. The van der Waals surface area contributed by atoms with Crippen LogP contribution in [0.15, 0.2) is 59.8 Å². The molecule has 1 amide bonds. The van der Waals surface area contributed by atoms with Crippen LogP contribution in [0.1, 0.15) is 6.92 Å². The standard InChI is InChI=1S/C18H16N4O3S/c1-11(23)22-17-7-4-13(9-20-17)16-8-14(10-21-18(16)19)12-2-5-15(6-3-12)26(24)25/h2-10,26H,1H3,(H2,19,21)(H,20,22,23). The van der Waals surface area contributed by atoms with Gasteiger partial charge >= 0.3 is 0 Å². The Morgan fingerprint density at radius 1 is 0.962 bits per heavy atom. The van der Waals surface area contributed by atoms with Gasteiger partial charge in [-0.1, -0.05) is 12.1 Å². The van der Waals surface area contributed by atoms with E-state index in [1.807, 2.05) is 6.07 Å². The van der Waals surface area contributed by atoms with Gasteiger partial charge in [-0.05, 0) is 35.9 Å². The number of amides is 1. The van der Waals surface area contributed by atoms with Crippen molar-refractivity contribution in [3.8, 4) is 22.3 Å². The van der Waals surface area contributed by atoms with Crippen LogP contribution in [0.4, 0.5) is 11.6 Å². The lowest BCUT2D eigenvalue weighted by atomic mass is 10.0. The number of hydrogen-bond acceptors (Lipinski definition) is 6. The maximum Gasteiger partial charge on any atom is 0.222 e. The zero-order valence-corrected chi connectivity index (χ0v) is 14.7. The lowest BCUT2D eigenvalue weighted by Crippen LogP contribution is -2.07. The number of nitrogens with one attached hydrogen (secondary N) is 1. The van der Waals surface area contributed by atoms with E-state index >= 15 is 0 Å². The first-order valence-corrected chi connectivity index (χ1v) is 8.86. The van der Waals surface area contributed by atoms with Gasteiger partial charge in [0.15, 0.2) is 10.7 Å². The molecule has 2 heterocycles. The highest BCUT2D eigenvalue weighted by atomic mass is 32.2. The molecule has 0 fully saturated rings. The second-order valence-corrected chi connectivity index (χ2v) is 6.60. The van der Waals surface area contributed by atoms with Crippen molar-refractivity contribution in [2.24, 2.45) is 0 Å². The van der Waals surface area contributed by atoms with Gasteiger partial charge in [0.1, 0.15) is 11.6 Å². The van der Waals surface area contributed by atoms with Crippen molar-refractivity contribution in [3.05, 3.63) is 54.9 Å². The van der Waals surface area contributed by atoms with Crippen molar-refractivity contribution in [2.45, 2.75) is 11.8 Å². The fraction of sp³-hybridized carbons (Fsp3) is 0.0556. The summed E-state index contributed by atoms with van der Waals surface area (Å²) in [6.07, 6.45) is 3.23. The van der Waals surface area contributed by atoms with Gasteiger partial charge in [0, 0.05) is 36.0 Å². The Hall–Kier alpha value is -3.26. The van der Waals surface area contributed by atoms with E-state index in [1.54, 1.807) is 48.8 Å². The summed E-state index contributed by atoms with van der Waals surface area (Å²) in [5, 5.41) is 2.60. The Kier molecular flexibility index (Phi) is 4.94. The monoisotopic (exact) mass is 368 g/mol. The van der Waals surface area contributed by atoms with Gasteiger partial charge in [0.05, 0.1) is 4.90 Å². The smallest absolute Gasteiger partial charge is 0.222 e. The number of rotatable bonds is 4. The van der Waals surface area contributed by atoms with Crippen LogP contribution in [0, 0.1) is 0 Å². The lowest BCUT2D eigenvalue weighted by molar-refractivity contribution is -0.114. The third-order valence-corrected chi connectivity index (χ3v) is 4.43. The van der Waals surface area contributed by atoms with Gasteiger partial charge in [0.25, 0.3) is 0 Å². The quantitative estimate of drug-likeness (QED) is 0.609. The molecular formula is C18H16N4O3S. The largest absolute Gasteiger partial charge is 0.383 e. The zero-order valence-electron chi connectivity index (χ0n) is 13.8. The molecule has 3 N–H and O–H groups in total. The van der Waals surface area contributed by atoms with Gasteiger partial charge < -0.3 is 11.1 Å². The van der Waals surface area contributed by atoms with Crippen molar-refractivity contribution in [2.75, 3.05) is 11.1 Å². The van der Waals surface area contributed by atoms with Crippen LogP contribution >= 0.6 is 0 Å². The van der Waals surface area contributed by atoms with Crippen molar-refractivity contribution < 1.29 is 13.2 Å². The summed E-state index contributed by atoms with van der Waals surface area (Å²) >= 11 is 0. The SMILES string of the molecule is CC(=O)Nc1ccc(-c2cc(-c3ccc([SH](=O)=O)cc3)cnc2N)cn1. The maximum atomic E-state index is 11.1. The highest BCUT2D eigenvalue weighted by Crippen LogP contribution is 2.29. The third kappa shape index (κ3) is 3.86. The summed E-state index contributed by atoms with van der Waals surface area (Å²) in [5.74, 6) is 0.602. The van der Waals surface area contributed by atoms with Gasteiger partial charge in [-0.25, -0.2) is 18.4 Å². The molecule has 0 spiro atoms. The Bertz CT molecular complexity index is 1020. The fourth-order valence-corrected chi connectivity index (χ4v) is 2.84. The molecule has 0 saturated heterocycles. The minimum Gasteiger partial charge on any atom is -0.383 e. The number of anilines is 2. The van der Waals surface area contributed by atoms with Crippen LogP contribution in [-0.2, 0) is 15.5 Å². The average Bonchev–Trinajstić information content (AvgIpc) is 2.62. The molecule has 3 aromatic rings. The molecule has 7 nitrogen and oxygen atoms in total. The number of aromatic nitrogens is 2. The van der Waals surface area contributed by atoms with Crippen molar-refractivity contribution in [3.63, 3.8) is 0 Å². The predicted molar refractivity (Wildman–Crippen MR) is 100 cm³/mol. The van der Waals surface area contributed by atoms with Crippen LogP contribution in [0.3, 0.4) is 0 Å². The van der Waals surface area contributed by atoms with Crippen LogP contribution in [0.5, 0.6) is 0 Å². The van der Waals surface area contributed by atoms with E-state index in [-0.39, 0.29) is 10.8 Å². The highest BCUT2D eigenvalue weighted by molar-refractivity contribution is 7.72. The molecule has 2 aromatic heterocycles. The second kappa shape index (κ2) is 7.32. The molecule has 0 bridgehead atoms. The summed E-state index contributed by atoms with van der Waals surface area (Å²) in [5.41, 5.74) is 9.07. The summed E-state index contributed by atoms with van der Waals surface area (Å²) in [7, 11) is -2.61. The Balaban J connectivity index is 1.96. The highest BCUT2D eigenvalue weighted by Gasteiger charge is 2.09. The summed E-state index contributed by atoms with van der Waals surface area (Å²) in [6.45, 7) is 1.41. The molecule has 26 heavy (non-hydrogen) atoms. The Morgan fingerprint density at radius 3 is 2.19 bits per heavy atom. The van der Waals surface area contributed by atoms with E-state index in [4.69, 9.17) is 5.73 Å². The number of nitrogen functional groups attached to an aromatic ring is 1. The van der Waals surface area contributed by atoms with Crippen molar-refractivity contribution in [1.29, 1.82) is 0 Å². The van der Waals surface area contributed by atoms with E-state index in [2.05, 4.69) is 15.3 Å². The summed E-state index contributed by atoms with van der Waals surface area (Å²) in [6, 6.07) is 11.9. The van der Waals surface area contributed by atoms with Gasteiger partial charge in [-0.3, -0.25) is 4.79 Å². The number of pyridine rings is 2. The fourth-order valence-electron chi connectivity index (χ4n) is 2.45. The molecule has 0 saturated carbocycles. The van der Waals surface area contributed by atoms with E-state index in [9.17, 15) is 13.2 Å². The number of nitrogens with zero attached hydrogens (tertiary/aromatic N) is 2. The number of nitrogens with two attached hydrogens (primary N) is 1. The van der Waals surface area contributed by atoms with Crippen molar-refractivity contribution in [1.82, 2.24) is 9.97 Å². The van der Waals surface area contributed by atoms with Crippen molar-refractivity contribution >= 4 is 28.2 Å². The molecular weight excluding hydrogens is 352 g/mol. The minimum atomic E-state index is -2.61. The molecule has 0 atom stereocenters. The average molecular weight is 368 g/mol. The molecule has 1 aromatic carbocycles. The Morgan fingerprint density at radius 2 is 1.62 bits per heavy atom. The molecule has 0 unspecified atom stereocenters. The number of hydrogen-bond donors (Lipinski definition) is 3. The van der Waals surface area contributed by atoms with Crippen LogP contribution < -0.4 is 11.1 Å². The molecule has 0 radical (unpaired) electrons. The van der Waals surface area contributed by atoms with E-state index < -0.39 is 10.7 Å². The predicted octanol–water partition coefficient (Wildman–Crippen LogP) is 2.32. The normalized spacial score (nSPS) is 10.7. The third-order valence-electron chi connectivity index (χ3n) is 3.71. The van der Waals surface area contributed by atoms with Crippen LogP contribution in [0.2, 0.25) is 0 Å². The van der Waals surface area contributed by atoms with E-state index in [0.717, 1.165) is 16.7 Å². The second-order valence-electron chi connectivity index (χ2n) is 5.57. The topological polar surface area (TPSA) is 115 Å². The molecule has 0 aliphatic carbocycles. The van der Waals surface area contributed by atoms with E-state index in [1.165, 1.54) is 6.92 Å². The number of thiol groups is 1. The zero-order chi connectivity index (χ0) is 18.7. The molecule has 0 aliphatic rings. The molecule has 8 heteroatoms. The molecule has 3 rings (SSSR count). The van der Waals surface area contributed by atoms with Crippen LogP contribution in [0.25, 0.3) is 22.3 Å². The van der Waals surface area contributed by atoms with Gasteiger partial charge in [0.2, 0.25) is 5.91 Å². The lowest BCUT2D eigenvalue weighted by Gasteiger charge is -2.09. The van der Waals surface area contributed by atoms with E-state index in [0.29, 0.717) is 17.2 Å². The molecule has 0 aliphatic heterocycles. The minimum absolute atomic E-state index is 0.197. The first-order chi connectivity index (χ1) is 12.4. The van der Waals surface area contributed by atoms with Gasteiger partial charge in [-0.2, -0.15) is 0 Å². The van der Waals surface area contributed by atoms with Crippen LogP contribution in [-0.4, -0.2) is 24.3 Å². The molecule has 132 valence electrons. The Labute approximate surface area is 151 Å².